The molecule has 8 nitrogen and oxygen atoms in total. The van der Waals surface area contributed by atoms with E-state index >= 15 is 0 Å². The molecule has 0 saturated carbocycles. The third kappa shape index (κ3) is 6.79. The molecule has 0 spiro atoms. The van der Waals surface area contributed by atoms with Crippen molar-refractivity contribution >= 4 is 56.5 Å². The molecule has 4 aromatic rings. The first-order chi connectivity index (χ1) is 22.7. The van der Waals surface area contributed by atoms with Gasteiger partial charge in [0.2, 0.25) is 11.8 Å². The first-order valence-corrected chi connectivity index (χ1v) is 16.4. The fourth-order valence-corrected chi connectivity index (χ4v) is 7.24. The van der Waals surface area contributed by atoms with Crippen LogP contribution < -0.4 is 10.2 Å². The van der Waals surface area contributed by atoms with Crippen molar-refractivity contribution in [2.75, 3.05) is 16.8 Å². The molecule has 2 amide bonds. The summed E-state index contributed by atoms with van der Waals surface area (Å²) in [4.78, 5) is 33.3. The number of aromatic hydroxyl groups is 1. The van der Waals surface area contributed by atoms with E-state index in [0.717, 1.165) is 27.0 Å². The summed E-state index contributed by atoms with van der Waals surface area (Å²) in [5.74, 6) is -2.60. The van der Waals surface area contributed by atoms with Gasteiger partial charge in [-0.25, -0.2) is 0 Å². The molecule has 1 fully saturated rings. The zero-order valence-electron chi connectivity index (χ0n) is 25.9. The number of rotatable bonds is 10. The number of aliphatic hydroxyl groups excluding tert-OH is 2. The highest BCUT2D eigenvalue weighted by Crippen LogP contribution is 2.47. The second-order valence-corrected chi connectivity index (χ2v) is 13.0. The summed E-state index contributed by atoms with van der Waals surface area (Å²) in [6.07, 6.45) is 3.62. The highest BCUT2D eigenvalue weighted by Gasteiger charge is 2.54. The number of allylic oxidation sites excluding steroid dienone is 2. The van der Waals surface area contributed by atoms with Crippen LogP contribution in [0.15, 0.2) is 113 Å². The van der Waals surface area contributed by atoms with Crippen LogP contribution in [0, 0.1) is 17.8 Å². The number of carbonyl (C=O) groups excluding carboxylic acids is 2. The summed E-state index contributed by atoms with van der Waals surface area (Å²) in [6.45, 7) is 1.50. The number of benzene rings is 3. The van der Waals surface area contributed by atoms with Crippen molar-refractivity contribution in [1.29, 1.82) is 0 Å². The molecule has 2 aliphatic rings. The number of nitrogens with zero attached hydrogens (tertiary/aromatic N) is 2. The molecule has 2 heterocycles. The number of hydrogen-bond acceptors (Lipinski definition) is 7. The summed E-state index contributed by atoms with van der Waals surface area (Å²) >= 11 is 3.46. The predicted octanol–water partition coefficient (Wildman–Crippen LogP) is 7.11. The number of para-hydroxylation sites is 1. The molecule has 9 heteroatoms. The number of phenols is 1. The Morgan fingerprint density at radius 2 is 1.72 bits per heavy atom. The number of halogens is 1. The smallest absolute Gasteiger partial charge is 0.238 e. The summed E-state index contributed by atoms with van der Waals surface area (Å²) in [5, 5.41) is 36.0. The Bertz CT molecular complexity index is 1830. The molecule has 6 rings (SSSR count). The molecular formula is C38H36BrN3O5. The van der Waals surface area contributed by atoms with Crippen molar-refractivity contribution in [2.24, 2.45) is 17.8 Å². The van der Waals surface area contributed by atoms with Gasteiger partial charge in [0.1, 0.15) is 5.75 Å². The lowest BCUT2D eigenvalue weighted by atomic mass is 9.68. The van der Waals surface area contributed by atoms with Crippen LogP contribution in [0.2, 0.25) is 0 Å². The normalized spacial score (nSPS) is 20.4. The van der Waals surface area contributed by atoms with E-state index in [-0.39, 0.29) is 24.2 Å². The minimum Gasteiger partial charge on any atom is -0.507 e. The van der Waals surface area contributed by atoms with Crippen molar-refractivity contribution in [3.8, 4) is 5.75 Å². The number of aliphatic hydroxyl groups is 2. The molecule has 1 aliphatic heterocycles. The Morgan fingerprint density at radius 1 is 1.00 bits per heavy atom. The second-order valence-electron chi connectivity index (χ2n) is 12.1. The Balaban J connectivity index is 1.21. The highest BCUT2D eigenvalue weighted by molar-refractivity contribution is 9.10. The topological polar surface area (TPSA) is 123 Å². The maximum atomic E-state index is 13.9. The fraction of sp³-hybridized carbons (Fsp3) is 0.237. The summed E-state index contributed by atoms with van der Waals surface area (Å²) < 4.78 is 0.815. The number of anilines is 3. The molecule has 0 unspecified atom stereocenters. The van der Waals surface area contributed by atoms with Gasteiger partial charge in [-0.3, -0.25) is 19.5 Å². The third-order valence-corrected chi connectivity index (χ3v) is 9.57. The van der Waals surface area contributed by atoms with Crippen molar-refractivity contribution in [3.05, 3.63) is 124 Å². The Labute approximate surface area is 282 Å². The maximum absolute atomic E-state index is 13.9. The standard InChI is InChI=1S/C38H36BrN3O5/c1-23-19-30-36(38(47)42(37(30)46)29-14-12-28(13-15-29)41-27-7-3-2-4-8-27)31(22-43)35(23)34(45)16-10-24(32-9-5-6-18-40-32)20-25-21-26(39)11-17-33(25)44/h2-9,11-15,17-18,20-21,30-31,34,36,41,43-45H,10,16,19,22H2,1H3/b24-20-/t30-,31+,34-,36-/m1/s1. The summed E-state index contributed by atoms with van der Waals surface area (Å²) in [5.41, 5.74) is 5.79. The number of amides is 2. The number of phenolic OH excluding ortho intramolecular Hbond substituents is 1. The van der Waals surface area contributed by atoms with E-state index in [1.54, 1.807) is 30.5 Å². The van der Waals surface area contributed by atoms with E-state index in [0.29, 0.717) is 41.8 Å². The van der Waals surface area contributed by atoms with Gasteiger partial charge in [0.05, 0.1) is 35.9 Å². The minimum absolute atomic E-state index is 0.121. The lowest BCUT2D eigenvalue weighted by Gasteiger charge is -2.35. The molecule has 4 N–H and O–H groups in total. The van der Waals surface area contributed by atoms with Crippen LogP contribution in [0.1, 0.15) is 37.4 Å². The maximum Gasteiger partial charge on any atom is 0.238 e. The predicted molar refractivity (Wildman–Crippen MR) is 187 cm³/mol. The van der Waals surface area contributed by atoms with Gasteiger partial charge in [0.25, 0.3) is 0 Å². The van der Waals surface area contributed by atoms with Crippen LogP contribution in [0.25, 0.3) is 11.6 Å². The number of aromatic nitrogens is 1. The van der Waals surface area contributed by atoms with E-state index in [4.69, 9.17) is 0 Å². The zero-order valence-corrected chi connectivity index (χ0v) is 27.5. The Morgan fingerprint density at radius 3 is 2.43 bits per heavy atom. The Kier molecular flexibility index (Phi) is 9.68. The molecule has 0 radical (unpaired) electrons. The average molecular weight is 695 g/mol. The van der Waals surface area contributed by atoms with E-state index in [1.165, 1.54) is 4.90 Å². The van der Waals surface area contributed by atoms with Crippen LogP contribution in [0.5, 0.6) is 5.75 Å². The van der Waals surface area contributed by atoms with E-state index in [1.807, 2.05) is 79.7 Å². The number of nitrogens with one attached hydrogen (secondary N) is 1. The number of hydrogen-bond donors (Lipinski definition) is 4. The van der Waals surface area contributed by atoms with Crippen LogP contribution in [0.3, 0.4) is 0 Å². The van der Waals surface area contributed by atoms with Gasteiger partial charge in [-0.05, 0) is 110 Å². The zero-order chi connectivity index (χ0) is 33.1. The highest BCUT2D eigenvalue weighted by atomic mass is 79.9. The van der Waals surface area contributed by atoms with Crippen molar-refractivity contribution in [1.82, 2.24) is 4.98 Å². The number of pyridine rings is 1. The molecule has 1 aromatic heterocycles. The van der Waals surface area contributed by atoms with Gasteiger partial charge in [0, 0.05) is 33.5 Å². The monoisotopic (exact) mass is 693 g/mol. The van der Waals surface area contributed by atoms with Gasteiger partial charge in [-0.15, -0.1) is 0 Å². The van der Waals surface area contributed by atoms with Gasteiger partial charge < -0.3 is 20.6 Å². The van der Waals surface area contributed by atoms with Crippen LogP contribution >= 0.6 is 15.9 Å². The average Bonchev–Trinajstić information content (AvgIpc) is 3.33. The summed E-state index contributed by atoms with van der Waals surface area (Å²) in [7, 11) is 0. The molecule has 0 bridgehead atoms. The minimum atomic E-state index is -0.961. The number of fused-ring (bicyclic) bond motifs is 1. The quantitative estimate of drug-likeness (QED) is 0.103. The molecule has 240 valence electrons. The van der Waals surface area contributed by atoms with Crippen LogP contribution in [-0.2, 0) is 9.59 Å². The first kappa shape index (κ1) is 32.4. The van der Waals surface area contributed by atoms with Crippen molar-refractivity contribution in [3.63, 3.8) is 0 Å². The van der Waals surface area contributed by atoms with Gasteiger partial charge in [-0.2, -0.15) is 0 Å². The Hall–Kier alpha value is -4.57. The fourth-order valence-electron chi connectivity index (χ4n) is 6.86. The summed E-state index contributed by atoms with van der Waals surface area (Å²) in [6, 6.07) is 27.6. The van der Waals surface area contributed by atoms with Crippen LogP contribution in [0.4, 0.5) is 17.1 Å². The number of imide groups is 1. The largest absolute Gasteiger partial charge is 0.507 e. The van der Waals surface area contributed by atoms with E-state index in [2.05, 4.69) is 26.2 Å². The molecule has 1 saturated heterocycles. The molecule has 4 atom stereocenters. The van der Waals surface area contributed by atoms with Crippen LogP contribution in [-0.4, -0.2) is 44.8 Å². The first-order valence-electron chi connectivity index (χ1n) is 15.6. The van der Waals surface area contributed by atoms with E-state index in [9.17, 15) is 24.9 Å². The molecule has 3 aromatic carbocycles. The lowest BCUT2D eigenvalue weighted by molar-refractivity contribution is -0.123. The van der Waals surface area contributed by atoms with Gasteiger partial charge in [-0.1, -0.05) is 45.8 Å². The molecular weight excluding hydrogens is 658 g/mol. The molecule has 47 heavy (non-hydrogen) atoms. The molecule has 1 aliphatic carbocycles. The van der Waals surface area contributed by atoms with Crippen molar-refractivity contribution < 1.29 is 24.9 Å². The van der Waals surface area contributed by atoms with E-state index < -0.39 is 23.9 Å². The third-order valence-electron chi connectivity index (χ3n) is 9.07. The van der Waals surface area contributed by atoms with Gasteiger partial charge in [0.15, 0.2) is 0 Å². The number of carbonyl (C=O) groups is 2. The SMILES string of the molecule is CC1=C([C@H](O)CC/C(=C/c2cc(Br)ccc2O)c2ccccn2)[C@H](CO)[C@@H]2C(=O)N(c3ccc(Nc4ccccc4)cc3)C(=O)[C@@H]2C1. The second kappa shape index (κ2) is 14.0. The van der Waals surface area contributed by atoms with Crippen molar-refractivity contribution in [2.45, 2.75) is 32.3 Å². The lowest BCUT2D eigenvalue weighted by Crippen LogP contribution is -2.38. The van der Waals surface area contributed by atoms with Gasteiger partial charge >= 0.3 is 0 Å².